The van der Waals surface area contributed by atoms with Crippen LogP contribution >= 0.6 is 0 Å². The smallest absolute Gasteiger partial charge is 0.356 e. The van der Waals surface area contributed by atoms with Crippen molar-refractivity contribution in [3.8, 4) is 0 Å². The number of hydrogen-bond acceptors (Lipinski definition) is 5. The molecule has 0 aliphatic rings. The Hall–Kier alpha value is 0.0700. The fraction of sp³-hybridized carbons (Fsp3) is 0. The van der Waals surface area contributed by atoms with E-state index in [1.807, 2.05) is 0 Å². The van der Waals surface area contributed by atoms with E-state index in [0.717, 1.165) is 0 Å². The van der Waals surface area contributed by atoms with Crippen molar-refractivity contribution < 1.29 is 52.2 Å². The van der Waals surface area contributed by atoms with Crippen molar-refractivity contribution in [3.63, 3.8) is 0 Å². The monoisotopic (exact) mass is 183 g/mol. The summed E-state index contributed by atoms with van der Waals surface area (Å²) in [6, 6.07) is 0. The molecule has 0 atom stereocenters. The van der Waals surface area contributed by atoms with Crippen LogP contribution < -0.4 is 29.6 Å². The van der Waals surface area contributed by atoms with Gasteiger partial charge in [-0.2, -0.15) is 8.42 Å². The van der Waals surface area contributed by atoms with Crippen LogP contribution in [0.1, 0.15) is 0 Å². The summed E-state index contributed by atoms with van der Waals surface area (Å²) in [5.41, 5.74) is 0. The van der Waals surface area contributed by atoms with E-state index in [9.17, 15) is 0 Å². The average molecular weight is 183 g/mol. The Morgan fingerprint density at radius 2 is 1.20 bits per heavy atom. The third kappa shape index (κ3) is 82300. The van der Waals surface area contributed by atoms with E-state index in [-0.39, 0.29) is 29.6 Å². The summed E-state index contributed by atoms with van der Waals surface area (Å²) >= 11 is 0. The zero-order chi connectivity index (χ0) is 8.08. The molecule has 0 aliphatic carbocycles. The normalized spacial score (nSPS) is 8.20. The molecule has 0 saturated heterocycles. The maximum absolute atomic E-state index is 8.74. The molecule has 0 aliphatic heterocycles. The molecule has 0 aromatic heterocycles. The molecular formula is H2NNaO7S. The van der Waals surface area contributed by atoms with Gasteiger partial charge in [0.05, 0.1) is 5.09 Å². The van der Waals surface area contributed by atoms with Crippen molar-refractivity contribution in [3.05, 3.63) is 15.3 Å². The zero-order valence-corrected chi connectivity index (χ0v) is 7.61. The van der Waals surface area contributed by atoms with Gasteiger partial charge >= 0.3 is 40.0 Å². The largest absolute Gasteiger partial charge is 1.00 e. The minimum atomic E-state index is -4.67. The third-order valence-corrected chi connectivity index (χ3v) is 0. The summed E-state index contributed by atoms with van der Waals surface area (Å²) in [6.07, 6.45) is 0. The molecule has 0 radical (unpaired) electrons. The molecule has 0 unspecified atom stereocenters. The zero-order valence-electron chi connectivity index (χ0n) is 4.79. The van der Waals surface area contributed by atoms with Gasteiger partial charge in [0.2, 0.25) is 0 Å². The molecule has 0 saturated carbocycles. The van der Waals surface area contributed by atoms with Crippen LogP contribution in [-0.4, -0.2) is 22.6 Å². The molecular weight excluding hydrogens is 181 g/mol. The molecule has 10 heavy (non-hydrogen) atoms. The van der Waals surface area contributed by atoms with Crippen molar-refractivity contribution in [1.82, 2.24) is 0 Å². The first-order valence-electron chi connectivity index (χ1n) is 1.25. The molecule has 10 heteroatoms. The second-order valence-corrected chi connectivity index (χ2v) is 1.57. The standard InChI is InChI=1S/NO3.Na.H2O4S/c2-1(3)4;;1-5(2,3)4/h;;(H2,1,2,3,4)/q-1;+1;. The van der Waals surface area contributed by atoms with Crippen molar-refractivity contribution in [2.24, 2.45) is 0 Å². The van der Waals surface area contributed by atoms with Crippen LogP contribution in [0.3, 0.4) is 0 Å². The summed E-state index contributed by atoms with van der Waals surface area (Å²) in [5.74, 6) is 0. The molecule has 0 aromatic rings. The Bertz CT molecular complexity index is 156. The van der Waals surface area contributed by atoms with Crippen molar-refractivity contribution in [2.75, 3.05) is 0 Å². The number of hydrogen-bond donors (Lipinski definition) is 2. The Morgan fingerprint density at radius 1 is 1.20 bits per heavy atom. The maximum Gasteiger partial charge on any atom is 1.00 e. The van der Waals surface area contributed by atoms with Gasteiger partial charge < -0.3 is 15.3 Å². The van der Waals surface area contributed by atoms with Gasteiger partial charge in [-0.3, -0.25) is 9.11 Å². The predicted octanol–water partition coefficient (Wildman–Crippen LogP) is -3.89. The van der Waals surface area contributed by atoms with Gasteiger partial charge in [-0.25, -0.2) is 0 Å². The second kappa shape index (κ2) is 7.18. The fourth-order valence-corrected chi connectivity index (χ4v) is 0. The summed E-state index contributed by atoms with van der Waals surface area (Å²) < 4.78 is 31.6. The Balaban J connectivity index is -0.0000000910. The van der Waals surface area contributed by atoms with E-state index in [0.29, 0.717) is 0 Å². The first-order chi connectivity index (χ1) is 3.73. The van der Waals surface area contributed by atoms with Crippen LogP contribution in [0.5, 0.6) is 0 Å². The Morgan fingerprint density at radius 3 is 1.20 bits per heavy atom. The average Bonchev–Trinajstić information content (AvgIpc) is 1.19. The van der Waals surface area contributed by atoms with E-state index >= 15 is 0 Å². The van der Waals surface area contributed by atoms with E-state index in [2.05, 4.69) is 0 Å². The van der Waals surface area contributed by atoms with Crippen LogP contribution in [0.4, 0.5) is 0 Å². The molecule has 0 rings (SSSR count). The quantitative estimate of drug-likeness (QED) is 0.169. The molecule has 0 heterocycles. The first kappa shape index (κ1) is 16.6. The molecule has 0 fully saturated rings. The SMILES string of the molecule is O=S(=O)(O)O.O=[N+]([O-])[O-].[Na+]. The Kier molecular flexibility index (Phi) is 11.9. The molecule has 0 amide bonds. The first-order valence-corrected chi connectivity index (χ1v) is 2.64. The summed E-state index contributed by atoms with van der Waals surface area (Å²) in [6.45, 7) is 0. The molecule has 8 nitrogen and oxygen atoms in total. The maximum atomic E-state index is 8.74. The van der Waals surface area contributed by atoms with Gasteiger partial charge in [-0.15, -0.1) is 0 Å². The molecule has 2 N–H and O–H groups in total. The molecule has 0 bridgehead atoms. The van der Waals surface area contributed by atoms with Crippen LogP contribution in [0.25, 0.3) is 0 Å². The molecule has 0 spiro atoms. The third-order valence-electron chi connectivity index (χ3n) is 0. The van der Waals surface area contributed by atoms with E-state index in [1.165, 1.54) is 0 Å². The summed E-state index contributed by atoms with van der Waals surface area (Å²) in [5, 5.41) is 14.8. The van der Waals surface area contributed by atoms with E-state index in [1.54, 1.807) is 0 Å². The minimum Gasteiger partial charge on any atom is -0.356 e. The topological polar surface area (TPSA) is 141 Å². The van der Waals surface area contributed by atoms with Gasteiger partial charge in [0, 0.05) is 0 Å². The van der Waals surface area contributed by atoms with Crippen LogP contribution in [0.15, 0.2) is 0 Å². The van der Waals surface area contributed by atoms with Crippen LogP contribution in [0, 0.1) is 15.3 Å². The molecule has 0 aromatic carbocycles. The molecule has 56 valence electrons. The number of rotatable bonds is 0. The summed E-state index contributed by atoms with van der Waals surface area (Å²) in [4.78, 5) is 8.25. The Labute approximate surface area is 77.8 Å². The minimum absolute atomic E-state index is 0. The van der Waals surface area contributed by atoms with Crippen molar-refractivity contribution in [1.29, 1.82) is 0 Å². The second-order valence-electron chi connectivity index (χ2n) is 0.671. The number of nitrogens with zero attached hydrogens (tertiary/aromatic N) is 1. The van der Waals surface area contributed by atoms with Gasteiger partial charge in [-0.05, 0) is 0 Å². The van der Waals surface area contributed by atoms with Crippen LogP contribution in [0.2, 0.25) is 0 Å². The van der Waals surface area contributed by atoms with Crippen molar-refractivity contribution in [2.45, 2.75) is 0 Å². The van der Waals surface area contributed by atoms with Gasteiger partial charge in [0.15, 0.2) is 0 Å². The summed E-state index contributed by atoms with van der Waals surface area (Å²) in [7, 11) is -4.67. The predicted molar refractivity (Wildman–Crippen MR) is 24.5 cm³/mol. The van der Waals surface area contributed by atoms with Gasteiger partial charge in [0.25, 0.3) is 0 Å². The fourth-order valence-electron chi connectivity index (χ4n) is 0. The van der Waals surface area contributed by atoms with Gasteiger partial charge in [-0.1, -0.05) is 0 Å². The van der Waals surface area contributed by atoms with Gasteiger partial charge in [0.1, 0.15) is 0 Å². The van der Waals surface area contributed by atoms with Crippen molar-refractivity contribution >= 4 is 10.4 Å². The van der Waals surface area contributed by atoms with E-state index in [4.69, 9.17) is 32.8 Å². The van der Waals surface area contributed by atoms with Crippen LogP contribution in [-0.2, 0) is 10.4 Å². The van der Waals surface area contributed by atoms with E-state index < -0.39 is 15.5 Å².